The van der Waals surface area contributed by atoms with Gasteiger partial charge in [0.2, 0.25) is 0 Å². The summed E-state index contributed by atoms with van der Waals surface area (Å²) < 4.78 is 1.35. The van der Waals surface area contributed by atoms with Crippen molar-refractivity contribution in [2.24, 2.45) is 0 Å². The van der Waals surface area contributed by atoms with Crippen LogP contribution in [0.5, 0.6) is 0 Å². The quantitative estimate of drug-likeness (QED) is 0.271. The third-order valence-corrected chi connectivity index (χ3v) is 7.85. The van der Waals surface area contributed by atoms with E-state index in [2.05, 4.69) is 90.1 Å². The van der Waals surface area contributed by atoms with Crippen molar-refractivity contribution in [3.05, 3.63) is 128 Å². The number of benzene rings is 3. The Balaban J connectivity index is 1.61. The molecule has 3 aromatic heterocycles. The zero-order valence-electron chi connectivity index (χ0n) is 24.1. The maximum atomic E-state index is 12.5. The van der Waals surface area contributed by atoms with Crippen LogP contribution in [-0.2, 0) is 0 Å². The predicted molar refractivity (Wildman–Crippen MR) is 167 cm³/mol. The first-order chi connectivity index (χ1) is 20.3. The van der Waals surface area contributed by atoms with Gasteiger partial charge in [-0.05, 0) is 81.2 Å². The first kappa shape index (κ1) is 25.6. The van der Waals surface area contributed by atoms with Crippen LogP contribution >= 0.6 is 0 Å². The SMILES string of the molecule is Cc1cccc(C)c1N1C(=C/C=c2/c(C)nn3c(=O)ccnc23)N(c2c(C)cccc2C)c2nc3ccccc3nc21. The summed E-state index contributed by atoms with van der Waals surface area (Å²) in [5, 5.41) is 5.26. The summed E-state index contributed by atoms with van der Waals surface area (Å²) in [5.41, 5.74) is 9.26. The van der Waals surface area contributed by atoms with E-state index in [1.165, 1.54) is 16.8 Å². The van der Waals surface area contributed by atoms with Crippen molar-refractivity contribution >= 4 is 45.8 Å². The largest absolute Gasteiger partial charge is 0.276 e. The second-order valence-electron chi connectivity index (χ2n) is 10.7. The van der Waals surface area contributed by atoms with Gasteiger partial charge in [0.1, 0.15) is 5.82 Å². The molecule has 1 aliphatic heterocycles. The minimum Gasteiger partial charge on any atom is -0.276 e. The zero-order chi connectivity index (χ0) is 29.1. The van der Waals surface area contributed by atoms with Crippen LogP contribution < -0.4 is 20.6 Å². The zero-order valence-corrected chi connectivity index (χ0v) is 24.1. The van der Waals surface area contributed by atoms with E-state index in [0.717, 1.165) is 73.0 Å². The average Bonchev–Trinajstić information content (AvgIpc) is 3.45. The van der Waals surface area contributed by atoms with Crippen LogP contribution in [0.1, 0.15) is 27.9 Å². The van der Waals surface area contributed by atoms with Crippen molar-refractivity contribution in [3.63, 3.8) is 0 Å². The first-order valence-electron chi connectivity index (χ1n) is 13.9. The molecule has 1 aliphatic rings. The van der Waals surface area contributed by atoms with E-state index in [1.807, 2.05) is 37.3 Å². The molecule has 206 valence electrons. The number of aryl methyl sites for hydroxylation is 5. The molecular formula is C34H29N7O. The van der Waals surface area contributed by atoms with Crippen LogP contribution in [0.25, 0.3) is 22.8 Å². The Hall–Kier alpha value is -5.37. The van der Waals surface area contributed by atoms with Crippen molar-refractivity contribution in [1.82, 2.24) is 24.6 Å². The molecule has 0 N–H and O–H groups in total. The molecule has 42 heavy (non-hydrogen) atoms. The molecule has 3 aromatic carbocycles. The molecule has 0 spiro atoms. The highest BCUT2D eigenvalue weighted by molar-refractivity contribution is 5.95. The molecule has 8 heteroatoms. The molecule has 0 aliphatic carbocycles. The average molecular weight is 552 g/mol. The molecule has 0 amide bonds. The summed E-state index contributed by atoms with van der Waals surface area (Å²) in [4.78, 5) is 31.8. The number of allylic oxidation sites excluding steroid dienone is 1. The fourth-order valence-corrected chi connectivity index (χ4v) is 5.91. The summed E-state index contributed by atoms with van der Waals surface area (Å²) in [6.07, 6.45) is 5.58. The van der Waals surface area contributed by atoms with Gasteiger partial charge in [-0.2, -0.15) is 9.61 Å². The maximum absolute atomic E-state index is 12.5. The third kappa shape index (κ3) is 3.87. The molecule has 6 aromatic rings. The summed E-state index contributed by atoms with van der Waals surface area (Å²) in [5.74, 6) is 2.38. The highest BCUT2D eigenvalue weighted by atomic mass is 16.1. The van der Waals surface area contributed by atoms with E-state index in [9.17, 15) is 4.79 Å². The van der Waals surface area contributed by atoms with Gasteiger partial charge in [0, 0.05) is 17.5 Å². The number of fused-ring (bicyclic) bond motifs is 3. The minimum absolute atomic E-state index is 0.210. The van der Waals surface area contributed by atoms with Crippen molar-refractivity contribution < 1.29 is 0 Å². The summed E-state index contributed by atoms with van der Waals surface area (Å²) in [6, 6.07) is 22.0. The Bertz CT molecular complexity index is 2060. The third-order valence-electron chi connectivity index (χ3n) is 7.85. The molecular weight excluding hydrogens is 522 g/mol. The number of hydrogen-bond acceptors (Lipinski definition) is 7. The van der Waals surface area contributed by atoms with Gasteiger partial charge in [-0.3, -0.25) is 14.6 Å². The van der Waals surface area contributed by atoms with E-state index < -0.39 is 0 Å². The van der Waals surface area contributed by atoms with Crippen molar-refractivity contribution in [3.8, 4) is 0 Å². The van der Waals surface area contributed by atoms with Gasteiger partial charge in [0.05, 0.1) is 28.1 Å². The second-order valence-corrected chi connectivity index (χ2v) is 10.7. The molecule has 0 atom stereocenters. The predicted octanol–water partition coefficient (Wildman–Crippen LogP) is 5.91. The smallest absolute Gasteiger partial charge is 0.274 e. The van der Waals surface area contributed by atoms with Crippen LogP contribution in [0.15, 0.2) is 89.6 Å². The summed E-state index contributed by atoms with van der Waals surface area (Å²) in [7, 11) is 0. The van der Waals surface area contributed by atoms with Gasteiger partial charge >= 0.3 is 0 Å². The molecule has 7 rings (SSSR count). The molecule has 0 fully saturated rings. The van der Waals surface area contributed by atoms with E-state index >= 15 is 0 Å². The van der Waals surface area contributed by atoms with E-state index in [1.54, 1.807) is 0 Å². The Morgan fingerprint density at radius 3 is 1.69 bits per heavy atom. The van der Waals surface area contributed by atoms with Gasteiger partial charge in [-0.1, -0.05) is 48.5 Å². The van der Waals surface area contributed by atoms with E-state index in [4.69, 9.17) is 9.97 Å². The Labute approximate surface area is 242 Å². The van der Waals surface area contributed by atoms with Gasteiger partial charge in [-0.15, -0.1) is 0 Å². The fourth-order valence-electron chi connectivity index (χ4n) is 5.91. The highest BCUT2D eigenvalue weighted by Crippen LogP contribution is 2.51. The van der Waals surface area contributed by atoms with Gasteiger partial charge in [0.25, 0.3) is 5.56 Å². The van der Waals surface area contributed by atoms with Gasteiger partial charge in [-0.25, -0.2) is 15.0 Å². The second kappa shape index (κ2) is 9.62. The van der Waals surface area contributed by atoms with Crippen LogP contribution in [-0.4, -0.2) is 24.6 Å². The van der Waals surface area contributed by atoms with Crippen LogP contribution in [0.2, 0.25) is 0 Å². The topological polar surface area (TPSA) is 79.5 Å². The van der Waals surface area contributed by atoms with Crippen molar-refractivity contribution in [2.45, 2.75) is 34.6 Å². The number of nitrogens with zero attached hydrogens (tertiary/aromatic N) is 7. The van der Waals surface area contributed by atoms with Crippen LogP contribution in [0.4, 0.5) is 23.0 Å². The number of rotatable bonds is 3. The normalized spacial score (nSPS) is 13.5. The van der Waals surface area contributed by atoms with Crippen molar-refractivity contribution in [1.29, 1.82) is 0 Å². The molecule has 8 nitrogen and oxygen atoms in total. The van der Waals surface area contributed by atoms with Crippen molar-refractivity contribution in [2.75, 3.05) is 9.80 Å². The maximum Gasteiger partial charge on any atom is 0.274 e. The first-order valence-corrected chi connectivity index (χ1v) is 13.9. The summed E-state index contributed by atoms with van der Waals surface area (Å²) in [6.45, 7) is 10.4. The monoisotopic (exact) mass is 551 g/mol. The number of aromatic nitrogens is 5. The molecule has 0 saturated heterocycles. The lowest BCUT2D eigenvalue weighted by atomic mass is 10.1. The highest BCUT2D eigenvalue weighted by Gasteiger charge is 2.38. The lowest BCUT2D eigenvalue weighted by molar-refractivity contribution is 0.881. The number of para-hydroxylation sites is 4. The Morgan fingerprint density at radius 2 is 1.17 bits per heavy atom. The van der Waals surface area contributed by atoms with Crippen LogP contribution in [0.3, 0.4) is 0 Å². The molecule has 0 unspecified atom stereocenters. The molecule has 4 heterocycles. The molecule has 0 saturated carbocycles. The van der Waals surface area contributed by atoms with Gasteiger partial charge in [0.15, 0.2) is 17.3 Å². The molecule has 0 bridgehead atoms. The van der Waals surface area contributed by atoms with Crippen LogP contribution in [0, 0.1) is 34.6 Å². The summed E-state index contributed by atoms with van der Waals surface area (Å²) >= 11 is 0. The van der Waals surface area contributed by atoms with Gasteiger partial charge < -0.3 is 0 Å². The van der Waals surface area contributed by atoms with E-state index in [-0.39, 0.29) is 5.56 Å². The Morgan fingerprint density at radius 1 is 0.643 bits per heavy atom. The molecule has 0 radical (unpaired) electrons. The van der Waals surface area contributed by atoms with E-state index in [0.29, 0.717) is 5.65 Å². The standard InChI is InChI=1S/C34H29N7O/c1-20-10-8-11-21(2)30(20)39-28(17-16-25-24(5)38-41-29(42)18-19-35-32(25)41)40(31-22(3)12-9-13-23(31)4)34-33(39)36-26-14-6-7-15-27(26)37-34/h6-19H,1-5H3/b25-16-. The fraction of sp³-hybridized carbons (Fsp3) is 0.147. The Kier molecular flexibility index (Phi) is 5.86. The lowest BCUT2D eigenvalue weighted by Gasteiger charge is -2.28. The minimum atomic E-state index is -0.210. The number of hydrogen-bond donors (Lipinski definition) is 0. The lowest BCUT2D eigenvalue weighted by Crippen LogP contribution is -2.24. The number of anilines is 4.